The summed E-state index contributed by atoms with van der Waals surface area (Å²) >= 11 is 0. The smallest absolute Gasteiger partial charge is 0.222 e. The summed E-state index contributed by atoms with van der Waals surface area (Å²) in [6.45, 7) is 5.58. The van der Waals surface area contributed by atoms with Gasteiger partial charge in [-0.25, -0.2) is 0 Å². The molecule has 1 heterocycles. The minimum Gasteiger partial charge on any atom is -0.378 e. The fourth-order valence-electron chi connectivity index (χ4n) is 2.39. The molecule has 1 saturated heterocycles. The Balaban J connectivity index is 2.27. The van der Waals surface area contributed by atoms with Gasteiger partial charge >= 0.3 is 0 Å². The molecule has 4 heteroatoms. The van der Waals surface area contributed by atoms with Crippen LogP contribution in [0.5, 0.6) is 0 Å². The molecule has 0 bridgehead atoms. The Bertz CT molecular complexity index is 221. The molecular weight excluding hydrogens is 216 g/mol. The molecule has 1 aliphatic heterocycles. The summed E-state index contributed by atoms with van der Waals surface area (Å²) in [5, 5.41) is 0. The van der Waals surface area contributed by atoms with Gasteiger partial charge in [-0.1, -0.05) is 19.8 Å². The fraction of sp³-hybridized carbons (Fsp3) is 0.923. The normalized spacial score (nSPS) is 21.6. The average molecular weight is 242 g/mol. The second-order valence-corrected chi connectivity index (χ2v) is 4.76. The standard InChI is InChI=1S/C13H26N2O2/c1-2-3-12-4-5-13(16)15(8-6-12)9-11-17-10-7-14/h12H,2-11,14H2,1H3. The highest BCUT2D eigenvalue weighted by Crippen LogP contribution is 2.22. The van der Waals surface area contributed by atoms with Crippen molar-refractivity contribution in [2.45, 2.75) is 39.0 Å². The first-order valence-corrected chi connectivity index (χ1v) is 6.83. The number of carbonyl (C=O) groups excluding carboxylic acids is 1. The lowest BCUT2D eigenvalue weighted by Gasteiger charge is -2.20. The molecule has 0 aromatic heterocycles. The van der Waals surface area contributed by atoms with E-state index in [1.54, 1.807) is 0 Å². The van der Waals surface area contributed by atoms with Gasteiger partial charge in [0.25, 0.3) is 0 Å². The first-order valence-electron chi connectivity index (χ1n) is 6.83. The van der Waals surface area contributed by atoms with E-state index in [0.29, 0.717) is 32.1 Å². The number of ether oxygens (including phenoxy) is 1. The van der Waals surface area contributed by atoms with E-state index in [9.17, 15) is 4.79 Å². The largest absolute Gasteiger partial charge is 0.378 e. The molecule has 1 unspecified atom stereocenters. The van der Waals surface area contributed by atoms with E-state index in [-0.39, 0.29) is 0 Å². The Labute approximate surface area is 104 Å². The van der Waals surface area contributed by atoms with Crippen molar-refractivity contribution in [1.29, 1.82) is 0 Å². The lowest BCUT2D eigenvalue weighted by Crippen LogP contribution is -2.33. The molecular formula is C13H26N2O2. The van der Waals surface area contributed by atoms with Crippen LogP contribution in [-0.4, -0.2) is 43.7 Å². The van der Waals surface area contributed by atoms with Crippen molar-refractivity contribution >= 4 is 5.91 Å². The summed E-state index contributed by atoms with van der Waals surface area (Å²) in [5.41, 5.74) is 5.35. The van der Waals surface area contributed by atoms with Gasteiger partial charge in [0.05, 0.1) is 13.2 Å². The Morgan fingerprint density at radius 1 is 1.41 bits per heavy atom. The minimum absolute atomic E-state index is 0.292. The van der Waals surface area contributed by atoms with Crippen LogP contribution in [0.15, 0.2) is 0 Å². The number of amides is 1. The van der Waals surface area contributed by atoms with Crippen molar-refractivity contribution in [1.82, 2.24) is 4.90 Å². The molecule has 0 aromatic carbocycles. The van der Waals surface area contributed by atoms with Gasteiger partial charge < -0.3 is 15.4 Å². The van der Waals surface area contributed by atoms with Crippen LogP contribution in [0.25, 0.3) is 0 Å². The topological polar surface area (TPSA) is 55.6 Å². The number of nitrogens with two attached hydrogens (primary N) is 1. The van der Waals surface area contributed by atoms with Gasteiger partial charge in [-0.2, -0.15) is 0 Å². The highest BCUT2D eigenvalue weighted by molar-refractivity contribution is 5.76. The van der Waals surface area contributed by atoms with Gasteiger partial charge in [0.1, 0.15) is 0 Å². The van der Waals surface area contributed by atoms with Crippen LogP contribution < -0.4 is 5.73 Å². The molecule has 0 aliphatic carbocycles. The molecule has 17 heavy (non-hydrogen) atoms. The first kappa shape index (κ1) is 14.5. The van der Waals surface area contributed by atoms with Crippen molar-refractivity contribution in [3.63, 3.8) is 0 Å². The van der Waals surface area contributed by atoms with Crippen molar-refractivity contribution in [2.24, 2.45) is 11.7 Å². The Morgan fingerprint density at radius 3 is 2.94 bits per heavy atom. The molecule has 0 radical (unpaired) electrons. The maximum Gasteiger partial charge on any atom is 0.222 e. The van der Waals surface area contributed by atoms with Crippen LogP contribution in [0.1, 0.15) is 39.0 Å². The quantitative estimate of drug-likeness (QED) is 0.686. The van der Waals surface area contributed by atoms with Crippen LogP contribution in [0.3, 0.4) is 0 Å². The second-order valence-electron chi connectivity index (χ2n) is 4.76. The zero-order chi connectivity index (χ0) is 12.5. The SMILES string of the molecule is CCCC1CCC(=O)N(CCOCCN)CC1. The van der Waals surface area contributed by atoms with E-state index in [1.807, 2.05) is 4.90 Å². The third-order valence-corrected chi connectivity index (χ3v) is 3.39. The van der Waals surface area contributed by atoms with Gasteiger partial charge in [-0.05, 0) is 18.8 Å². The highest BCUT2D eigenvalue weighted by atomic mass is 16.5. The third-order valence-electron chi connectivity index (χ3n) is 3.39. The Hall–Kier alpha value is -0.610. The molecule has 0 aromatic rings. The van der Waals surface area contributed by atoms with Crippen LogP contribution in [0.4, 0.5) is 0 Å². The van der Waals surface area contributed by atoms with E-state index >= 15 is 0 Å². The number of rotatable bonds is 7. The molecule has 4 nitrogen and oxygen atoms in total. The van der Waals surface area contributed by atoms with Crippen LogP contribution in [0, 0.1) is 5.92 Å². The van der Waals surface area contributed by atoms with Gasteiger partial charge in [0.2, 0.25) is 5.91 Å². The molecule has 1 aliphatic rings. The highest BCUT2D eigenvalue weighted by Gasteiger charge is 2.21. The van der Waals surface area contributed by atoms with Gasteiger partial charge in [-0.3, -0.25) is 4.79 Å². The van der Waals surface area contributed by atoms with E-state index in [2.05, 4.69) is 6.92 Å². The molecule has 1 rings (SSSR count). The van der Waals surface area contributed by atoms with E-state index in [0.717, 1.165) is 31.8 Å². The second kappa shape index (κ2) is 8.48. The summed E-state index contributed by atoms with van der Waals surface area (Å²) < 4.78 is 5.33. The minimum atomic E-state index is 0.292. The molecule has 0 spiro atoms. The summed E-state index contributed by atoms with van der Waals surface area (Å²) in [6.07, 6.45) is 5.40. The monoisotopic (exact) mass is 242 g/mol. The number of nitrogens with zero attached hydrogens (tertiary/aromatic N) is 1. The zero-order valence-electron chi connectivity index (χ0n) is 11.0. The maximum absolute atomic E-state index is 11.9. The molecule has 100 valence electrons. The predicted octanol–water partition coefficient (Wildman–Crippen LogP) is 1.39. The third kappa shape index (κ3) is 5.50. The summed E-state index contributed by atoms with van der Waals surface area (Å²) in [7, 11) is 0. The van der Waals surface area contributed by atoms with Crippen LogP contribution >= 0.6 is 0 Å². The Kier molecular flexibility index (Phi) is 7.21. The lowest BCUT2D eigenvalue weighted by atomic mass is 9.96. The van der Waals surface area contributed by atoms with Crippen molar-refractivity contribution < 1.29 is 9.53 Å². The summed E-state index contributed by atoms with van der Waals surface area (Å²) in [6, 6.07) is 0. The van der Waals surface area contributed by atoms with Gasteiger partial charge in [-0.15, -0.1) is 0 Å². The number of hydrogen-bond acceptors (Lipinski definition) is 3. The lowest BCUT2D eigenvalue weighted by molar-refractivity contribution is -0.131. The fourth-order valence-corrected chi connectivity index (χ4v) is 2.39. The Morgan fingerprint density at radius 2 is 2.24 bits per heavy atom. The van der Waals surface area contributed by atoms with Crippen molar-refractivity contribution in [2.75, 3.05) is 32.8 Å². The van der Waals surface area contributed by atoms with E-state index in [1.165, 1.54) is 12.8 Å². The molecule has 1 amide bonds. The summed E-state index contributed by atoms with van der Waals surface area (Å²) in [4.78, 5) is 13.8. The maximum atomic E-state index is 11.9. The van der Waals surface area contributed by atoms with E-state index < -0.39 is 0 Å². The van der Waals surface area contributed by atoms with Crippen molar-refractivity contribution in [3.05, 3.63) is 0 Å². The average Bonchev–Trinajstić information content (AvgIpc) is 2.50. The number of carbonyl (C=O) groups is 1. The van der Waals surface area contributed by atoms with Crippen LogP contribution in [-0.2, 0) is 9.53 Å². The van der Waals surface area contributed by atoms with Crippen molar-refractivity contribution in [3.8, 4) is 0 Å². The zero-order valence-corrected chi connectivity index (χ0v) is 11.0. The molecule has 2 N–H and O–H groups in total. The molecule has 1 atom stereocenters. The van der Waals surface area contributed by atoms with Crippen LogP contribution in [0.2, 0.25) is 0 Å². The number of likely N-dealkylation sites (tertiary alicyclic amines) is 1. The molecule has 0 saturated carbocycles. The predicted molar refractivity (Wildman–Crippen MR) is 68.7 cm³/mol. The summed E-state index contributed by atoms with van der Waals surface area (Å²) in [5.74, 6) is 1.03. The van der Waals surface area contributed by atoms with Gasteiger partial charge in [0.15, 0.2) is 0 Å². The molecule has 1 fully saturated rings. The van der Waals surface area contributed by atoms with Gasteiger partial charge in [0, 0.05) is 26.1 Å². The number of hydrogen-bond donors (Lipinski definition) is 1. The van der Waals surface area contributed by atoms with E-state index in [4.69, 9.17) is 10.5 Å². The first-order chi connectivity index (χ1) is 8.27.